The quantitative estimate of drug-likeness (QED) is 0.470. The lowest BCUT2D eigenvalue weighted by molar-refractivity contribution is -0.123. The molecule has 1 N–H and O–H groups in total. The number of carbonyl (C=O) groups excluding carboxylic acids is 1. The smallest absolute Gasteiger partial charge is 0.277 e. The molecule has 0 atom stereocenters. The molecule has 130 valence electrons. The molecule has 0 heterocycles. The monoisotopic (exact) mass is 408 g/mol. The van der Waals surface area contributed by atoms with Crippen molar-refractivity contribution in [3.63, 3.8) is 0 Å². The molecule has 0 radical (unpaired) electrons. The minimum Gasteiger partial charge on any atom is -0.483 e. The van der Waals surface area contributed by atoms with Gasteiger partial charge in [-0.15, -0.1) is 0 Å². The molecule has 26 heavy (non-hydrogen) atoms. The van der Waals surface area contributed by atoms with Crippen LogP contribution in [0.4, 0.5) is 0 Å². The predicted molar refractivity (Wildman–Crippen MR) is 109 cm³/mol. The van der Waals surface area contributed by atoms with Gasteiger partial charge in [-0.1, -0.05) is 76.6 Å². The lowest BCUT2D eigenvalue weighted by Gasteiger charge is -2.09. The molecule has 0 bridgehead atoms. The molecule has 0 aliphatic rings. The Morgan fingerprint density at radius 2 is 1.73 bits per heavy atom. The Labute approximate surface area is 160 Å². The van der Waals surface area contributed by atoms with Crippen molar-refractivity contribution in [2.75, 3.05) is 6.61 Å². The summed E-state index contributed by atoms with van der Waals surface area (Å²) in [6, 6.07) is 21.4. The Balaban J connectivity index is 1.52. The van der Waals surface area contributed by atoms with E-state index >= 15 is 0 Å². The van der Waals surface area contributed by atoms with Gasteiger partial charge in [0.2, 0.25) is 0 Å². The molecule has 0 aliphatic heterocycles. The Morgan fingerprint density at radius 1 is 1.00 bits per heavy atom. The summed E-state index contributed by atoms with van der Waals surface area (Å²) < 4.78 is 6.62. The van der Waals surface area contributed by atoms with Crippen molar-refractivity contribution in [3.8, 4) is 5.75 Å². The van der Waals surface area contributed by atoms with Gasteiger partial charge < -0.3 is 4.74 Å². The number of ether oxygens (including phenoxy) is 1. The first-order valence-corrected chi connectivity index (χ1v) is 8.87. The van der Waals surface area contributed by atoms with Crippen LogP contribution in [0.2, 0.25) is 0 Å². The minimum atomic E-state index is -0.318. The Bertz CT molecular complexity index is 953. The van der Waals surface area contributed by atoms with Crippen LogP contribution in [-0.4, -0.2) is 18.7 Å². The van der Waals surface area contributed by atoms with Gasteiger partial charge in [0.15, 0.2) is 6.61 Å². The summed E-state index contributed by atoms with van der Waals surface area (Å²) in [6.07, 6.45) is 5.19. The molecule has 0 fully saturated rings. The number of halogens is 1. The fraction of sp³-hybridized carbons (Fsp3) is 0.0476. The predicted octanol–water partition coefficient (Wildman–Crippen LogP) is 4.80. The summed E-state index contributed by atoms with van der Waals surface area (Å²) in [6.45, 7) is -0.106. The third kappa shape index (κ3) is 4.80. The zero-order valence-electron chi connectivity index (χ0n) is 13.9. The zero-order chi connectivity index (χ0) is 18.2. The van der Waals surface area contributed by atoms with Gasteiger partial charge in [0.05, 0.1) is 0 Å². The number of carbonyl (C=O) groups is 1. The molecule has 3 aromatic carbocycles. The van der Waals surface area contributed by atoms with Crippen LogP contribution < -0.4 is 10.2 Å². The maximum Gasteiger partial charge on any atom is 0.277 e. The number of allylic oxidation sites excluding steroid dienone is 1. The summed E-state index contributed by atoms with van der Waals surface area (Å²) in [5, 5.41) is 5.86. The number of fused-ring (bicyclic) bond motifs is 1. The van der Waals surface area contributed by atoms with Crippen molar-refractivity contribution in [1.82, 2.24) is 5.43 Å². The molecule has 5 heteroatoms. The zero-order valence-corrected chi connectivity index (χ0v) is 15.5. The number of amides is 1. The van der Waals surface area contributed by atoms with Gasteiger partial charge in [-0.25, -0.2) is 5.43 Å². The van der Waals surface area contributed by atoms with Gasteiger partial charge in [-0.2, -0.15) is 5.10 Å². The van der Waals surface area contributed by atoms with E-state index < -0.39 is 0 Å². The van der Waals surface area contributed by atoms with Gasteiger partial charge in [0.25, 0.3) is 5.91 Å². The van der Waals surface area contributed by atoms with E-state index in [0.717, 1.165) is 20.8 Å². The lowest BCUT2D eigenvalue weighted by Crippen LogP contribution is -2.24. The van der Waals surface area contributed by atoms with Crippen molar-refractivity contribution in [3.05, 3.63) is 82.8 Å². The van der Waals surface area contributed by atoms with E-state index in [9.17, 15) is 4.79 Å². The first-order chi connectivity index (χ1) is 12.7. The van der Waals surface area contributed by atoms with Crippen molar-refractivity contribution >= 4 is 44.9 Å². The second-order valence-electron chi connectivity index (χ2n) is 5.46. The number of nitrogens with zero attached hydrogens (tertiary/aromatic N) is 1. The van der Waals surface area contributed by atoms with Crippen LogP contribution in [0.1, 0.15) is 5.56 Å². The molecule has 3 aromatic rings. The van der Waals surface area contributed by atoms with Crippen molar-refractivity contribution in [2.45, 2.75) is 0 Å². The molecule has 0 unspecified atom stereocenters. The topological polar surface area (TPSA) is 50.7 Å². The van der Waals surface area contributed by atoms with E-state index in [4.69, 9.17) is 4.74 Å². The van der Waals surface area contributed by atoms with Gasteiger partial charge in [-0.05, 0) is 29.2 Å². The summed E-state index contributed by atoms with van der Waals surface area (Å²) >= 11 is 3.52. The average molecular weight is 409 g/mol. The highest BCUT2D eigenvalue weighted by molar-refractivity contribution is 9.10. The maximum atomic E-state index is 11.9. The highest BCUT2D eigenvalue weighted by atomic mass is 79.9. The van der Waals surface area contributed by atoms with Crippen LogP contribution in [0.5, 0.6) is 5.75 Å². The largest absolute Gasteiger partial charge is 0.483 e. The van der Waals surface area contributed by atoms with Gasteiger partial charge in [-0.3, -0.25) is 4.79 Å². The normalized spacial score (nSPS) is 11.3. The number of hydrogen-bond acceptors (Lipinski definition) is 3. The van der Waals surface area contributed by atoms with E-state index in [1.54, 1.807) is 6.08 Å². The average Bonchev–Trinajstić information content (AvgIpc) is 2.68. The van der Waals surface area contributed by atoms with E-state index in [0.29, 0.717) is 5.75 Å². The molecule has 0 aliphatic carbocycles. The van der Waals surface area contributed by atoms with Gasteiger partial charge in [0, 0.05) is 16.1 Å². The highest BCUT2D eigenvalue weighted by Gasteiger charge is 2.07. The van der Waals surface area contributed by atoms with Gasteiger partial charge in [0.1, 0.15) is 5.75 Å². The first kappa shape index (κ1) is 17.9. The number of hydrazone groups is 1. The molecular formula is C21H17BrN2O2. The Kier molecular flexibility index (Phi) is 6.17. The van der Waals surface area contributed by atoms with Crippen LogP contribution in [0, 0.1) is 0 Å². The molecule has 4 nitrogen and oxygen atoms in total. The lowest BCUT2D eigenvalue weighted by atomic mass is 10.1. The molecule has 3 rings (SSSR count). The summed E-state index contributed by atoms with van der Waals surface area (Å²) in [5.41, 5.74) is 3.51. The summed E-state index contributed by atoms with van der Waals surface area (Å²) in [7, 11) is 0. The van der Waals surface area contributed by atoms with E-state index in [1.165, 1.54) is 6.21 Å². The number of benzene rings is 3. The van der Waals surface area contributed by atoms with Crippen LogP contribution in [0.25, 0.3) is 16.8 Å². The molecule has 0 saturated heterocycles. The second-order valence-corrected chi connectivity index (χ2v) is 6.32. The fourth-order valence-corrected chi connectivity index (χ4v) is 2.88. The summed E-state index contributed by atoms with van der Waals surface area (Å²) in [5.74, 6) is 0.341. The minimum absolute atomic E-state index is 0.106. The van der Waals surface area contributed by atoms with Gasteiger partial charge >= 0.3 is 0 Å². The van der Waals surface area contributed by atoms with Crippen LogP contribution in [-0.2, 0) is 4.79 Å². The van der Waals surface area contributed by atoms with Crippen molar-refractivity contribution in [2.24, 2.45) is 5.10 Å². The van der Waals surface area contributed by atoms with Crippen molar-refractivity contribution < 1.29 is 9.53 Å². The molecule has 0 saturated carbocycles. The SMILES string of the molecule is O=C(COc1ccc(Br)c2ccccc12)N/N=C\C=C\c1ccccc1. The van der Waals surface area contributed by atoms with Crippen molar-refractivity contribution in [1.29, 1.82) is 0 Å². The second kappa shape index (κ2) is 8.97. The molecule has 1 amide bonds. The number of hydrogen-bond donors (Lipinski definition) is 1. The number of rotatable bonds is 6. The first-order valence-electron chi connectivity index (χ1n) is 8.08. The third-order valence-corrected chi connectivity index (χ3v) is 4.32. The Hall–Kier alpha value is -2.92. The molecule has 0 aromatic heterocycles. The Morgan fingerprint density at radius 3 is 2.54 bits per heavy atom. The highest BCUT2D eigenvalue weighted by Crippen LogP contribution is 2.31. The van der Waals surface area contributed by atoms with E-state index in [2.05, 4.69) is 26.5 Å². The van der Waals surface area contributed by atoms with Crippen LogP contribution >= 0.6 is 15.9 Å². The van der Waals surface area contributed by atoms with E-state index in [1.807, 2.05) is 72.8 Å². The summed E-state index contributed by atoms with van der Waals surface area (Å²) in [4.78, 5) is 11.9. The molecule has 0 spiro atoms. The van der Waals surface area contributed by atoms with Crippen LogP contribution in [0.3, 0.4) is 0 Å². The third-order valence-electron chi connectivity index (χ3n) is 3.63. The van der Waals surface area contributed by atoms with Crippen LogP contribution in [0.15, 0.2) is 82.4 Å². The fourth-order valence-electron chi connectivity index (χ4n) is 2.41. The standard InChI is InChI=1S/C21H17BrN2O2/c22-19-12-13-20(18-11-5-4-10-17(18)19)26-15-21(25)24-23-14-6-9-16-7-2-1-3-8-16/h1-14H,15H2,(H,24,25)/b9-6+,23-14-. The maximum absolute atomic E-state index is 11.9. The molecular weight excluding hydrogens is 392 g/mol. The number of nitrogens with one attached hydrogen (secondary N) is 1. The van der Waals surface area contributed by atoms with E-state index in [-0.39, 0.29) is 12.5 Å².